The zero-order valence-electron chi connectivity index (χ0n) is 14.5. The molecular weight excluding hydrogens is 338 g/mol. The first-order valence-corrected chi connectivity index (χ1v) is 11.0. The first-order valence-electron chi connectivity index (χ1n) is 9.26. The van der Waals surface area contributed by atoms with E-state index in [1.54, 1.807) is 11.3 Å². The Bertz CT molecular complexity index is 534. The highest BCUT2D eigenvalue weighted by Gasteiger charge is 2.29. The third kappa shape index (κ3) is 4.96. The summed E-state index contributed by atoms with van der Waals surface area (Å²) in [7, 11) is 0. The van der Waals surface area contributed by atoms with E-state index in [2.05, 4.69) is 15.7 Å². The van der Waals surface area contributed by atoms with Gasteiger partial charge in [0.1, 0.15) is 4.34 Å². The first kappa shape index (κ1) is 18.2. The smallest absolute Gasteiger partial charge is 0.237 e. The van der Waals surface area contributed by atoms with Crippen molar-refractivity contribution >= 4 is 29.0 Å². The molecule has 1 amide bonds. The predicted molar refractivity (Wildman–Crippen MR) is 101 cm³/mol. The summed E-state index contributed by atoms with van der Waals surface area (Å²) in [6.07, 6.45) is 10.4. The van der Waals surface area contributed by atoms with Crippen LogP contribution in [0.25, 0.3) is 0 Å². The number of carbonyl (C=O) groups is 1. The van der Waals surface area contributed by atoms with Crippen LogP contribution in [0.3, 0.4) is 0 Å². The number of hydrogen-bond acceptors (Lipinski definition) is 5. The molecule has 0 unspecified atom stereocenters. The van der Waals surface area contributed by atoms with Gasteiger partial charge >= 0.3 is 0 Å². The lowest BCUT2D eigenvalue weighted by molar-refractivity contribution is -0.124. The van der Waals surface area contributed by atoms with E-state index in [-0.39, 0.29) is 11.9 Å². The number of thiazole rings is 1. The Morgan fingerprint density at radius 3 is 2.58 bits per heavy atom. The molecule has 2 aliphatic carbocycles. The normalized spacial score (nSPS) is 26.9. The number of rotatable bonds is 5. The van der Waals surface area contributed by atoms with Crippen LogP contribution in [0.2, 0.25) is 0 Å². The predicted octanol–water partition coefficient (Wildman–Crippen LogP) is 3.88. The number of nitrogens with two attached hydrogens (primary N) is 1. The van der Waals surface area contributed by atoms with Gasteiger partial charge in [0.05, 0.1) is 6.04 Å². The van der Waals surface area contributed by atoms with E-state index in [1.165, 1.54) is 23.6 Å². The average molecular weight is 368 g/mol. The Kier molecular flexibility index (Phi) is 6.58. The molecule has 24 heavy (non-hydrogen) atoms. The second-order valence-electron chi connectivity index (χ2n) is 7.28. The van der Waals surface area contributed by atoms with Crippen molar-refractivity contribution in [2.45, 2.75) is 86.4 Å². The van der Waals surface area contributed by atoms with E-state index in [0.717, 1.165) is 44.2 Å². The van der Waals surface area contributed by atoms with Gasteiger partial charge in [-0.2, -0.15) is 0 Å². The van der Waals surface area contributed by atoms with E-state index in [1.807, 2.05) is 18.7 Å². The fourth-order valence-electron chi connectivity index (χ4n) is 3.86. The molecule has 0 bridgehead atoms. The van der Waals surface area contributed by atoms with Gasteiger partial charge in [0.2, 0.25) is 5.91 Å². The molecule has 3 rings (SSSR count). The zero-order valence-corrected chi connectivity index (χ0v) is 16.1. The third-order valence-corrected chi connectivity index (χ3v) is 7.77. The fourth-order valence-corrected chi connectivity index (χ4v) is 6.14. The molecule has 3 N–H and O–H groups in total. The SMILES string of the molecule is Cc1csc(SC2CCC(NC(=O)[C@@H](N)C3CCCCC3)CC2)n1. The molecule has 0 spiro atoms. The zero-order chi connectivity index (χ0) is 16.9. The maximum atomic E-state index is 12.4. The molecule has 1 heterocycles. The highest BCUT2D eigenvalue weighted by Crippen LogP contribution is 2.35. The van der Waals surface area contributed by atoms with Gasteiger partial charge in [0.15, 0.2) is 0 Å². The lowest BCUT2D eigenvalue weighted by Gasteiger charge is -2.31. The standard InChI is InChI=1S/C18H29N3OS2/c1-12-11-23-18(20-12)24-15-9-7-14(8-10-15)21-17(22)16(19)13-5-3-2-4-6-13/h11,13-16H,2-10,19H2,1H3,(H,21,22)/t14?,15?,16-/m0/s1. The lowest BCUT2D eigenvalue weighted by Crippen LogP contribution is -2.50. The minimum Gasteiger partial charge on any atom is -0.352 e. The van der Waals surface area contributed by atoms with Crippen molar-refractivity contribution in [2.24, 2.45) is 11.7 Å². The number of aryl methyl sites for hydroxylation is 1. The van der Waals surface area contributed by atoms with Crippen molar-refractivity contribution in [3.05, 3.63) is 11.1 Å². The second kappa shape index (κ2) is 8.68. The highest BCUT2D eigenvalue weighted by molar-refractivity contribution is 8.01. The van der Waals surface area contributed by atoms with E-state index >= 15 is 0 Å². The van der Waals surface area contributed by atoms with E-state index in [9.17, 15) is 4.79 Å². The van der Waals surface area contributed by atoms with Gasteiger partial charge in [-0.25, -0.2) is 4.98 Å². The molecule has 0 saturated heterocycles. The second-order valence-corrected chi connectivity index (χ2v) is 9.68. The van der Waals surface area contributed by atoms with Gasteiger partial charge in [-0.1, -0.05) is 31.0 Å². The largest absolute Gasteiger partial charge is 0.352 e. The van der Waals surface area contributed by atoms with Gasteiger partial charge in [0, 0.05) is 22.4 Å². The van der Waals surface area contributed by atoms with Crippen LogP contribution in [0.4, 0.5) is 0 Å². The molecular formula is C18H29N3OS2. The van der Waals surface area contributed by atoms with Crippen LogP contribution in [-0.4, -0.2) is 28.2 Å². The van der Waals surface area contributed by atoms with E-state index in [0.29, 0.717) is 17.2 Å². The van der Waals surface area contributed by atoms with Crippen LogP contribution >= 0.6 is 23.1 Å². The molecule has 134 valence electrons. The summed E-state index contributed by atoms with van der Waals surface area (Å²) in [5, 5.41) is 5.97. The molecule has 0 aliphatic heterocycles. The van der Waals surface area contributed by atoms with Crippen LogP contribution in [0.1, 0.15) is 63.5 Å². The molecule has 0 radical (unpaired) electrons. The third-order valence-electron chi connectivity index (χ3n) is 5.35. The van der Waals surface area contributed by atoms with Crippen molar-refractivity contribution in [3.63, 3.8) is 0 Å². The lowest BCUT2D eigenvalue weighted by atomic mass is 9.83. The molecule has 4 nitrogen and oxygen atoms in total. The molecule has 0 aromatic carbocycles. The number of nitrogens with zero attached hydrogens (tertiary/aromatic N) is 1. The molecule has 2 aliphatic rings. The fraction of sp³-hybridized carbons (Fsp3) is 0.778. The monoisotopic (exact) mass is 367 g/mol. The number of aromatic nitrogens is 1. The van der Waals surface area contributed by atoms with Crippen LogP contribution in [-0.2, 0) is 4.79 Å². The van der Waals surface area contributed by atoms with Gasteiger partial charge in [-0.15, -0.1) is 11.3 Å². The summed E-state index contributed by atoms with van der Waals surface area (Å²) in [5.41, 5.74) is 7.33. The first-order chi connectivity index (χ1) is 11.6. The Morgan fingerprint density at radius 1 is 1.25 bits per heavy atom. The molecule has 1 atom stereocenters. The Labute approximate surface area is 153 Å². The summed E-state index contributed by atoms with van der Waals surface area (Å²) < 4.78 is 1.18. The maximum absolute atomic E-state index is 12.4. The average Bonchev–Trinajstić information content (AvgIpc) is 3.01. The maximum Gasteiger partial charge on any atom is 0.237 e. The molecule has 6 heteroatoms. The number of nitrogens with one attached hydrogen (secondary N) is 1. The van der Waals surface area contributed by atoms with Gasteiger partial charge in [-0.05, 0) is 51.4 Å². The Balaban J connectivity index is 1.40. The number of hydrogen-bond donors (Lipinski definition) is 2. The van der Waals surface area contributed by atoms with Crippen LogP contribution in [0.5, 0.6) is 0 Å². The molecule has 2 fully saturated rings. The summed E-state index contributed by atoms with van der Waals surface area (Å²) in [6.45, 7) is 2.04. The molecule has 1 aromatic rings. The minimum atomic E-state index is -0.310. The molecule has 1 aromatic heterocycles. The highest BCUT2D eigenvalue weighted by atomic mass is 32.2. The van der Waals surface area contributed by atoms with Crippen molar-refractivity contribution in [3.8, 4) is 0 Å². The van der Waals surface area contributed by atoms with Gasteiger partial charge in [0.25, 0.3) is 0 Å². The number of carbonyl (C=O) groups excluding carboxylic acids is 1. The topological polar surface area (TPSA) is 68.0 Å². The Morgan fingerprint density at radius 2 is 1.96 bits per heavy atom. The quantitative estimate of drug-likeness (QED) is 0.829. The number of amides is 1. The van der Waals surface area contributed by atoms with Crippen LogP contribution in [0.15, 0.2) is 9.72 Å². The van der Waals surface area contributed by atoms with Crippen LogP contribution < -0.4 is 11.1 Å². The van der Waals surface area contributed by atoms with E-state index < -0.39 is 0 Å². The Hall–Kier alpha value is -0.590. The summed E-state index contributed by atoms with van der Waals surface area (Å²) in [4.78, 5) is 17.0. The minimum absolute atomic E-state index is 0.0774. The van der Waals surface area contributed by atoms with Crippen molar-refractivity contribution in [2.75, 3.05) is 0 Å². The summed E-state index contributed by atoms with van der Waals surface area (Å²) >= 11 is 3.65. The van der Waals surface area contributed by atoms with E-state index in [4.69, 9.17) is 5.73 Å². The number of thioether (sulfide) groups is 1. The van der Waals surface area contributed by atoms with Crippen molar-refractivity contribution in [1.29, 1.82) is 0 Å². The van der Waals surface area contributed by atoms with Crippen LogP contribution in [0, 0.1) is 12.8 Å². The van der Waals surface area contributed by atoms with Crippen molar-refractivity contribution < 1.29 is 4.79 Å². The summed E-state index contributed by atoms with van der Waals surface area (Å²) in [5.74, 6) is 0.465. The molecule has 2 saturated carbocycles. The van der Waals surface area contributed by atoms with Gasteiger partial charge in [-0.3, -0.25) is 4.79 Å². The van der Waals surface area contributed by atoms with Gasteiger partial charge < -0.3 is 11.1 Å². The van der Waals surface area contributed by atoms with Crippen molar-refractivity contribution in [1.82, 2.24) is 10.3 Å². The summed E-state index contributed by atoms with van der Waals surface area (Å²) in [6, 6.07) is -0.00212.